The lowest BCUT2D eigenvalue weighted by atomic mass is 9.85. The summed E-state index contributed by atoms with van der Waals surface area (Å²) in [6.45, 7) is 3.18. The van der Waals surface area contributed by atoms with E-state index in [2.05, 4.69) is 24.1 Å². The summed E-state index contributed by atoms with van der Waals surface area (Å²) >= 11 is 6.12. The lowest BCUT2D eigenvalue weighted by molar-refractivity contribution is 0.321. The van der Waals surface area contributed by atoms with E-state index in [4.69, 9.17) is 17.3 Å². The molecule has 1 saturated carbocycles. The molecule has 1 fully saturated rings. The molecule has 1 atom stereocenters. The Kier molecular flexibility index (Phi) is 4.52. The fourth-order valence-corrected chi connectivity index (χ4v) is 2.74. The third-order valence-electron chi connectivity index (χ3n) is 3.76. The first-order valence-electron chi connectivity index (χ1n) is 6.81. The second kappa shape index (κ2) is 5.94. The van der Waals surface area contributed by atoms with Gasteiger partial charge < -0.3 is 10.6 Å². The van der Waals surface area contributed by atoms with E-state index >= 15 is 0 Å². The largest absolute Gasteiger partial charge is 0.374 e. The van der Waals surface area contributed by atoms with Crippen LogP contribution in [-0.2, 0) is 6.42 Å². The first-order chi connectivity index (χ1) is 8.56. The maximum Gasteiger partial charge on any atom is 0.0426 e. The summed E-state index contributed by atoms with van der Waals surface area (Å²) in [6.07, 6.45) is 5.03. The van der Waals surface area contributed by atoms with Crippen LogP contribution in [0, 0.1) is 5.92 Å². The molecular formula is C15H23ClN2. The van der Waals surface area contributed by atoms with Gasteiger partial charge in [0.05, 0.1) is 0 Å². The molecule has 0 heterocycles. The van der Waals surface area contributed by atoms with Crippen molar-refractivity contribution >= 4 is 17.3 Å². The Morgan fingerprint density at radius 2 is 2.17 bits per heavy atom. The van der Waals surface area contributed by atoms with E-state index in [-0.39, 0.29) is 6.04 Å². The van der Waals surface area contributed by atoms with Crippen LogP contribution in [0.15, 0.2) is 18.2 Å². The Hall–Kier alpha value is -0.730. The molecule has 1 aliphatic carbocycles. The van der Waals surface area contributed by atoms with Crippen molar-refractivity contribution in [1.82, 2.24) is 0 Å². The van der Waals surface area contributed by atoms with Gasteiger partial charge in [0.25, 0.3) is 0 Å². The van der Waals surface area contributed by atoms with E-state index in [1.807, 2.05) is 13.0 Å². The van der Waals surface area contributed by atoms with E-state index in [0.717, 1.165) is 23.9 Å². The van der Waals surface area contributed by atoms with Crippen molar-refractivity contribution in [2.24, 2.45) is 11.7 Å². The molecule has 2 nitrogen and oxygen atoms in total. The molecule has 0 bridgehead atoms. The maximum absolute atomic E-state index is 6.12. The standard InChI is InChI=1S/C15H23ClN2/c1-11(17)8-13-6-7-14(16)9-15(13)18(2)10-12-4-3-5-12/h6-7,9,11-12H,3-5,8,10,17H2,1-2H3. The van der Waals surface area contributed by atoms with Crippen molar-refractivity contribution in [2.45, 2.75) is 38.6 Å². The summed E-state index contributed by atoms with van der Waals surface area (Å²) in [5.74, 6) is 0.858. The minimum Gasteiger partial charge on any atom is -0.374 e. The predicted octanol–water partition coefficient (Wildman–Crippen LogP) is 3.47. The summed E-state index contributed by atoms with van der Waals surface area (Å²) in [5.41, 5.74) is 8.46. The number of hydrogen-bond donors (Lipinski definition) is 1. The van der Waals surface area contributed by atoms with Crippen LogP contribution in [0.25, 0.3) is 0 Å². The van der Waals surface area contributed by atoms with Crippen molar-refractivity contribution in [3.05, 3.63) is 28.8 Å². The second-order valence-corrected chi connectivity index (χ2v) is 6.07. The third kappa shape index (κ3) is 3.39. The summed E-state index contributed by atoms with van der Waals surface area (Å²) in [6, 6.07) is 6.32. The number of anilines is 1. The average molecular weight is 267 g/mol. The number of halogens is 1. The Morgan fingerprint density at radius 3 is 2.72 bits per heavy atom. The van der Waals surface area contributed by atoms with Gasteiger partial charge in [0.2, 0.25) is 0 Å². The summed E-state index contributed by atoms with van der Waals surface area (Å²) in [5, 5.41) is 0.805. The zero-order valence-electron chi connectivity index (χ0n) is 11.3. The highest BCUT2D eigenvalue weighted by Crippen LogP contribution is 2.31. The van der Waals surface area contributed by atoms with Crippen LogP contribution in [0.3, 0.4) is 0 Å². The molecular weight excluding hydrogens is 244 g/mol. The van der Waals surface area contributed by atoms with Crippen LogP contribution >= 0.6 is 11.6 Å². The van der Waals surface area contributed by atoms with Gasteiger partial charge in [0.1, 0.15) is 0 Å². The maximum atomic E-state index is 6.12. The Balaban J connectivity index is 2.14. The lowest BCUT2D eigenvalue weighted by Crippen LogP contribution is -2.30. The molecule has 1 unspecified atom stereocenters. The summed E-state index contributed by atoms with van der Waals surface area (Å²) < 4.78 is 0. The van der Waals surface area contributed by atoms with Crippen LogP contribution in [0.1, 0.15) is 31.7 Å². The molecule has 1 aliphatic rings. The van der Waals surface area contributed by atoms with E-state index in [9.17, 15) is 0 Å². The molecule has 0 aliphatic heterocycles. The average Bonchev–Trinajstić information content (AvgIpc) is 2.25. The molecule has 1 aromatic carbocycles. The van der Waals surface area contributed by atoms with Crippen molar-refractivity contribution in [1.29, 1.82) is 0 Å². The Labute approximate surface area is 115 Å². The van der Waals surface area contributed by atoms with Crippen LogP contribution < -0.4 is 10.6 Å². The van der Waals surface area contributed by atoms with Gasteiger partial charge in [-0.05, 0) is 49.8 Å². The highest BCUT2D eigenvalue weighted by Gasteiger charge is 2.20. The van der Waals surface area contributed by atoms with Crippen molar-refractivity contribution in [3.63, 3.8) is 0 Å². The molecule has 2 rings (SSSR count). The number of nitrogens with zero attached hydrogens (tertiary/aromatic N) is 1. The van der Waals surface area contributed by atoms with Crippen molar-refractivity contribution in [2.75, 3.05) is 18.5 Å². The topological polar surface area (TPSA) is 29.3 Å². The monoisotopic (exact) mass is 266 g/mol. The fourth-order valence-electron chi connectivity index (χ4n) is 2.57. The SMILES string of the molecule is CC(N)Cc1ccc(Cl)cc1N(C)CC1CCC1. The van der Waals surface area contributed by atoms with Crippen molar-refractivity contribution < 1.29 is 0 Å². The molecule has 3 heteroatoms. The number of hydrogen-bond acceptors (Lipinski definition) is 2. The smallest absolute Gasteiger partial charge is 0.0426 e. The third-order valence-corrected chi connectivity index (χ3v) is 3.99. The molecule has 0 aromatic heterocycles. The first kappa shape index (κ1) is 13.7. The van der Waals surface area contributed by atoms with E-state index in [1.54, 1.807) is 0 Å². The molecule has 100 valence electrons. The van der Waals surface area contributed by atoms with Crippen LogP contribution in [0.5, 0.6) is 0 Å². The van der Waals surface area contributed by atoms with Gasteiger partial charge in [-0.1, -0.05) is 24.1 Å². The Morgan fingerprint density at radius 1 is 1.44 bits per heavy atom. The molecule has 18 heavy (non-hydrogen) atoms. The van der Waals surface area contributed by atoms with Gasteiger partial charge in [-0.25, -0.2) is 0 Å². The number of rotatable bonds is 5. The van der Waals surface area contributed by atoms with Crippen LogP contribution in [0.4, 0.5) is 5.69 Å². The lowest BCUT2D eigenvalue weighted by Gasteiger charge is -2.32. The van der Waals surface area contributed by atoms with E-state index < -0.39 is 0 Å². The summed E-state index contributed by atoms with van der Waals surface area (Å²) in [4.78, 5) is 2.34. The molecule has 0 radical (unpaired) electrons. The molecule has 2 N–H and O–H groups in total. The predicted molar refractivity (Wildman–Crippen MR) is 79.4 cm³/mol. The molecule has 0 amide bonds. The normalized spacial score (nSPS) is 17.3. The zero-order valence-corrected chi connectivity index (χ0v) is 12.1. The highest BCUT2D eigenvalue weighted by molar-refractivity contribution is 6.30. The zero-order chi connectivity index (χ0) is 13.1. The van der Waals surface area contributed by atoms with E-state index in [1.165, 1.54) is 30.5 Å². The van der Waals surface area contributed by atoms with Gasteiger partial charge in [-0.3, -0.25) is 0 Å². The number of nitrogens with two attached hydrogens (primary N) is 1. The van der Waals surface area contributed by atoms with Gasteiger partial charge in [-0.15, -0.1) is 0 Å². The molecule has 0 spiro atoms. The fraction of sp³-hybridized carbons (Fsp3) is 0.600. The first-order valence-corrected chi connectivity index (χ1v) is 7.19. The highest BCUT2D eigenvalue weighted by atomic mass is 35.5. The quantitative estimate of drug-likeness (QED) is 0.884. The Bertz CT molecular complexity index is 399. The van der Waals surface area contributed by atoms with Gasteiger partial charge >= 0.3 is 0 Å². The van der Waals surface area contributed by atoms with Crippen molar-refractivity contribution in [3.8, 4) is 0 Å². The van der Waals surface area contributed by atoms with Crippen LogP contribution in [-0.4, -0.2) is 19.6 Å². The minimum absolute atomic E-state index is 0.182. The second-order valence-electron chi connectivity index (χ2n) is 5.63. The van der Waals surface area contributed by atoms with Gasteiger partial charge in [0, 0.05) is 30.3 Å². The van der Waals surface area contributed by atoms with Gasteiger partial charge in [-0.2, -0.15) is 0 Å². The van der Waals surface area contributed by atoms with Crippen LogP contribution in [0.2, 0.25) is 5.02 Å². The van der Waals surface area contributed by atoms with Gasteiger partial charge in [0.15, 0.2) is 0 Å². The minimum atomic E-state index is 0.182. The molecule has 0 saturated heterocycles. The number of benzene rings is 1. The van der Waals surface area contributed by atoms with E-state index in [0.29, 0.717) is 0 Å². The molecule has 1 aromatic rings. The summed E-state index contributed by atoms with van der Waals surface area (Å²) in [7, 11) is 2.16.